The Morgan fingerprint density at radius 1 is 1.37 bits per heavy atom. The van der Waals surface area contributed by atoms with Gasteiger partial charge in [0.1, 0.15) is 5.25 Å². The van der Waals surface area contributed by atoms with E-state index < -0.39 is 11.2 Å². The standard InChI is InChI=1S/C19H25N3O4S/c1-2-3-4-5-9-26-13-15-8-6-7-14(10-15)12-20-22-19-21-18(25)16(27-19)11-17(23)24/h6-8,10,12,16H,2-5,9,11,13H2,1H3,(H,23,24)(H,21,22,25). The number of thioether (sulfide) groups is 1. The van der Waals surface area contributed by atoms with Crippen molar-refractivity contribution in [2.45, 2.75) is 50.9 Å². The molecule has 1 heterocycles. The summed E-state index contributed by atoms with van der Waals surface area (Å²) >= 11 is 1.08. The third kappa shape index (κ3) is 7.92. The number of carboxylic acids is 1. The zero-order chi connectivity index (χ0) is 19.5. The molecule has 1 aromatic carbocycles. The molecule has 27 heavy (non-hydrogen) atoms. The second kappa shape index (κ2) is 11.5. The first-order valence-electron chi connectivity index (χ1n) is 9.05. The lowest BCUT2D eigenvalue weighted by atomic mass is 10.1. The first-order valence-corrected chi connectivity index (χ1v) is 9.93. The van der Waals surface area contributed by atoms with Crippen LogP contribution in [0.15, 0.2) is 34.5 Å². The van der Waals surface area contributed by atoms with Gasteiger partial charge in [0.25, 0.3) is 0 Å². The fourth-order valence-electron chi connectivity index (χ4n) is 2.48. The Morgan fingerprint density at radius 3 is 3.00 bits per heavy atom. The smallest absolute Gasteiger partial charge is 0.305 e. The number of carboxylic acid groups (broad SMARTS) is 1. The minimum Gasteiger partial charge on any atom is -0.481 e. The molecule has 1 aromatic rings. The molecule has 8 heteroatoms. The highest BCUT2D eigenvalue weighted by atomic mass is 32.2. The van der Waals surface area contributed by atoms with Crippen molar-refractivity contribution in [2.24, 2.45) is 10.2 Å². The molecule has 0 aromatic heterocycles. The molecule has 2 N–H and O–H groups in total. The molecule has 1 saturated heterocycles. The minimum atomic E-state index is -1.02. The van der Waals surface area contributed by atoms with Crippen molar-refractivity contribution in [2.75, 3.05) is 6.61 Å². The number of hydrogen-bond acceptors (Lipinski definition) is 6. The van der Waals surface area contributed by atoms with Crippen molar-refractivity contribution >= 4 is 35.0 Å². The van der Waals surface area contributed by atoms with Gasteiger partial charge in [-0.15, -0.1) is 5.10 Å². The van der Waals surface area contributed by atoms with Crippen LogP contribution in [0, 0.1) is 0 Å². The van der Waals surface area contributed by atoms with Gasteiger partial charge in [-0.2, -0.15) is 5.10 Å². The van der Waals surface area contributed by atoms with Crippen LogP contribution in [-0.4, -0.2) is 40.2 Å². The average molecular weight is 391 g/mol. The molecule has 2 rings (SSSR count). The lowest BCUT2D eigenvalue weighted by molar-refractivity contribution is -0.138. The van der Waals surface area contributed by atoms with E-state index in [9.17, 15) is 9.59 Å². The molecule has 7 nitrogen and oxygen atoms in total. The molecule has 1 amide bonds. The van der Waals surface area contributed by atoms with E-state index in [1.807, 2.05) is 24.3 Å². The van der Waals surface area contributed by atoms with E-state index in [0.717, 1.165) is 35.9 Å². The summed E-state index contributed by atoms with van der Waals surface area (Å²) in [6, 6.07) is 7.81. The number of rotatable bonds is 11. The van der Waals surface area contributed by atoms with Gasteiger partial charge in [-0.05, 0) is 23.6 Å². The summed E-state index contributed by atoms with van der Waals surface area (Å²) in [4.78, 5) is 22.3. The van der Waals surface area contributed by atoms with Crippen molar-refractivity contribution in [1.82, 2.24) is 5.32 Å². The predicted octanol–water partition coefficient (Wildman–Crippen LogP) is 3.18. The van der Waals surface area contributed by atoms with Gasteiger partial charge in [0.05, 0.1) is 19.2 Å². The van der Waals surface area contributed by atoms with Crippen molar-refractivity contribution in [3.05, 3.63) is 35.4 Å². The maximum Gasteiger partial charge on any atom is 0.305 e. The highest BCUT2D eigenvalue weighted by Gasteiger charge is 2.32. The molecular weight excluding hydrogens is 366 g/mol. The maximum absolute atomic E-state index is 11.6. The van der Waals surface area contributed by atoms with E-state index in [4.69, 9.17) is 9.84 Å². The van der Waals surface area contributed by atoms with Crippen molar-refractivity contribution < 1.29 is 19.4 Å². The SMILES string of the molecule is CCCCCCOCc1cccc(C=NN=C2NC(=O)C(CC(=O)O)S2)c1. The van der Waals surface area contributed by atoms with E-state index >= 15 is 0 Å². The predicted molar refractivity (Wildman–Crippen MR) is 107 cm³/mol. The number of unbranched alkanes of at least 4 members (excludes halogenated alkanes) is 3. The number of ether oxygens (including phenoxy) is 1. The Morgan fingerprint density at radius 2 is 2.22 bits per heavy atom. The molecular formula is C19H25N3O4S. The monoisotopic (exact) mass is 391 g/mol. The zero-order valence-electron chi connectivity index (χ0n) is 15.4. The van der Waals surface area contributed by atoms with Crippen LogP contribution in [0.3, 0.4) is 0 Å². The summed E-state index contributed by atoms with van der Waals surface area (Å²) in [6.07, 6.45) is 6.10. The number of hydrogen-bond donors (Lipinski definition) is 2. The molecule has 0 radical (unpaired) electrons. The molecule has 1 atom stereocenters. The fraction of sp³-hybridized carbons (Fsp3) is 0.474. The zero-order valence-corrected chi connectivity index (χ0v) is 16.2. The van der Waals surface area contributed by atoms with Crippen LogP contribution in [0.25, 0.3) is 0 Å². The molecule has 1 aliphatic heterocycles. The summed E-state index contributed by atoms with van der Waals surface area (Å²) in [5.41, 5.74) is 1.94. The van der Waals surface area contributed by atoms with Gasteiger partial charge in [0, 0.05) is 6.61 Å². The topological polar surface area (TPSA) is 100 Å². The number of benzene rings is 1. The summed E-state index contributed by atoms with van der Waals surface area (Å²) in [5.74, 6) is -1.37. The van der Waals surface area contributed by atoms with Crippen LogP contribution in [0.4, 0.5) is 0 Å². The van der Waals surface area contributed by atoms with Crippen LogP contribution in [0.5, 0.6) is 0 Å². The summed E-state index contributed by atoms with van der Waals surface area (Å²) in [5, 5.41) is 18.9. The number of amidine groups is 1. The van der Waals surface area contributed by atoms with Gasteiger partial charge in [-0.3, -0.25) is 9.59 Å². The number of aliphatic carboxylic acids is 1. The second-order valence-electron chi connectivity index (χ2n) is 6.20. The molecule has 0 bridgehead atoms. The summed E-state index contributed by atoms with van der Waals surface area (Å²) < 4.78 is 5.69. The van der Waals surface area contributed by atoms with E-state index in [1.165, 1.54) is 19.3 Å². The van der Waals surface area contributed by atoms with Gasteiger partial charge in [-0.1, -0.05) is 56.1 Å². The first kappa shape index (κ1) is 21.1. The molecule has 1 unspecified atom stereocenters. The van der Waals surface area contributed by atoms with Crippen LogP contribution in [-0.2, 0) is 20.9 Å². The average Bonchev–Trinajstić information content (AvgIpc) is 2.97. The van der Waals surface area contributed by atoms with Gasteiger partial charge in [0.2, 0.25) is 5.91 Å². The Bertz CT molecular complexity index is 706. The molecule has 1 aliphatic rings. The van der Waals surface area contributed by atoms with Crippen molar-refractivity contribution in [1.29, 1.82) is 0 Å². The van der Waals surface area contributed by atoms with Crippen LogP contribution >= 0.6 is 11.8 Å². The third-order valence-electron chi connectivity index (χ3n) is 3.85. The van der Waals surface area contributed by atoms with Gasteiger partial charge in [0.15, 0.2) is 5.17 Å². The lowest BCUT2D eigenvalue weighted by Crippen LogP contribution is -2.26. The molecule has 0 aliphatic carbocycles. The third-order valence-corrected chi connectivity index (χ3v) is 4.93. The van der Waals surface area contributed by atoms with E-state index in [0.29, 0.717) is 11.8 Å². The number of amides is 1. The number of nitrogens with one attached hydrogen (secondary N) is 1. The summed E-state index contributed by atoms with van der Waals surface area (Å²) in [6.45, 7) is 3.51. The highest BCUT2D eigenvalue weighted by molar-refractivity contribution is 8.15. The Kier molecular flexibility index (Phi) is 9.00. The lowest BCUT2D eigenvalue weighted by Gasteiger charge is -2.05. The molecule has 0 spiro atoms. The molecule has 1 fully saturated rings. The normalized spacial score (nSPS) is 18.3. The Hall–Kier alpha value is -2.19. The Balaban J connectivity index is 1.81. The fourth-order valence-corrected chi connectivity index (χ4v) is 3.39. The molecule has 146 valence electrons. The maximum atomic E-state index is 11.6. The van der Waals surface area contributed by atoms with Crippen molar-refractivity contribution in [3.63, 3.8) is 0 Å². The van der Waals surface area contributed by atoms with Crippen LogP contribution < -0.4 is 5.32 Å². The van der Waals surface area contributed by atoms with E-state index in [2.05, 4.69) is 22.4 Å². The van der Waals surface area contributed by atoms with Crippen molar-refractivity contribution in [3.8, 4) is 0 Å². The number of carbonyl (C=O) groups excluding carboxylic acids is 1. The second-order valence-corrected chi connectivity index (χ2v) is 7.39. The highest BCUT2D eigenvalue weighted by Crippen LogP contribution is 2.22. The van der Waals surface area contributed by atoms with Gasteiger partial charge < -0.3 is 15.2 Å². The van der Waals surface area contributed by atoms with E-state index in [-0.39, 0.29) is 12.3 Å². The number of nitrogens with zero attached hydrogens (tertiary/aromatic N) is 2. The Labute approximate surface area is 163 Å². The number of carbonyl (C=O) groups is 2. The quantitative estimate of drug-likeness (QED) is 0.343. The van der Waals surface area contributed by atoms with Gasteiger partial charge >= 0.3 is 5.97 Å². The van der Waals surface area contributed by atoms with Crippen LogP contribution in [0.2, 0.25) is 0 Å². The first-order chi connectivity index (χ1) is 13.1. The van der Waals surface area contributed by atoms with Gasteiger partial charge in [-0.25, -0.2) is 0 Å². The largest absolute Gasteiger partial charge is 0.481 e. The minimum absolute atomic E-state index is 0.236. The molecule has 0 saturated carbocycles. The summed E-state index contributed by atoms with van der Waals surface area (Å²) in [7, 11) is 0. The van der Waals surface area contributed by atoms with E-state index in [1.54, 1.807) is 6.21 Å². The van der Waals surface area contributed by atoms with Crippen LogP contribution in [0.1, 0.15) is 50.2 Å².